The largest absolute Gasteiger partial charge is 0.369 e. The van der Waals surface area contributed by atoms with Crippen molar-refractivity contribution in [3.05, 3.63) is 28.0 Å². The molecular weight excluding hydrogens is 299 g/mol. The Morgan fingerprint density at radius 2 is 2.10 bits per heavy atom. The summed E-state index contributed by atoms with van der Waals surface area (Å²) in [7, 11) is 0. The molecule has 5 nitrogen and oxygen atoms in total. The van der Waals surface area contributed by atoms with Gasteiger partial charge in [-0.05, 0) is 32.0 Å². The van der Waals surface area contributed by atoms with Crippen molar-refractivity contribution in [2.24, 2.45) is 5.73 Å². The number of nitrogens with one attached hydrogen (secondary N) is 1. The van der Waals surface area contributed by atoms with Crippen LogP contribution in [0.1, 0.15) is 18.4 Å². The van der Waals surface area contributed by atoms with Crippen LogP contribution >= 0.6 is 23.2 Å². The van der Waals surface area contributed by atoms with E-state index in [1.54, 1.807) is 6.07 Å². The van der Waals surface area contributed by atoms with E-state index < -0.39 is 0 Å². The number of nitrogens with two attached hydrogens (primary N) is 1. The number of pyridine rings is 1. The molecule has 0 aromatic carbocycles. The first-order chi connectivity index (χ1) is 9.56. The highest BCUT2D eigenvalue weighted by Crippen LogP contribution is 2.21. The van der Waals surface area contributed by atoms with E-state index in [4.69, 9.17) is 28.9 Å². The molecule has 0 spiro atoms. The molecule has 1 aromatic heterocycles. The van der Waals surface area contributed by atoms with Crippen molar-refractivity contribution in [2.75, 3.05) is 19.6 Å². The van der Waals surface area contributed by atoms with Crippen LogP contribution in [0.15, 0.2) is 12.1 Å². The summed E-state index contributed by atoms with van der Waals surface area (Å²) in [5.41, 5.74) is 6.21. The third-order valence-electron chi connectivity index (χ3n) is 3.45. The number of piperidine rings is 1. The van der Waals surface area contributed by atoms with Gasteiger partial charge in [-0.25, -0.2) is 4.98 Å². The molecular formula is C13H18Cl2N4O. The summed E-state index contributed by atoms with van der Waals surface area (Å²) in [6.07, 6.45) is 1.98. The maximum Gasteiger partial charge on any atom is 0.231 e. The molecule has 1 saturated heterocycles. The average molecular weight is 317 g/mol. The molecule has 1 aliphatic heterocycles. The lowest BCUT2D eigenvalue weighted by Crippen LogP contribution is -2.46. The van der Waals surface area contributed by atoms with Gasteiger partial charge in [0.1, 0.15) is 10.3 Å². The Hall–Kier alpha value is -0.880. The second-order valence-electron chi connectivity index (χ2n) is 4.94. The molecule has 2 heterocycles. The quantitative estimate of drug-likeness (QED) is 0.806. The number of halogens is 2. The molecule has 0 saturated carbocycles. The van der Waals surface area contributed by atoms with Crippen LogP contribution in [0.4, 0.5) is 0 Å². The zero-order chi connectivity index (χ0) is 14.5. The van der Waals surface area contributed by atoms with Gasteiger partial charge in [0.25, 0.3) is 0 Å². The smallest absolute Gasteiger partial charge is 0.231 e. The predicted octanol–water partition coefficient (Wildman–Crippen LogP) is 1.43. The third kappa shape index (κ3) is 4.31. The molecule has 1 fully saturated rings. The highest BCUT2D eigenvalue weighted by Gasteiger charge is 2.23. The van der Waals surface area contributed by atoms with Crippen LogP contribution in [0.5, 0.6) is 0 Å². The van der Waals surface area contributed by atoms with Crippen LogP contribution in [0, 0.1) is 0 Å². The number of carbonyl (C=O) groups is 1. The van der Waals surface area contributed by atoms with E-state index in [9.17, 15) is 4.79 Å². The average Bonchev–Trinajstić information content (AvgIpc) is 2.41. The Morgan fingerprint density at radius 1 is 1.40 bits per heavy atom. The maximum atomic E-state index is 11.3. The molecule has 0 radical (unpaired) electrons. The first-order valence-corrected chi connectivity index (χ1v) is 7.36. The van der Waals surface area contributed by atoms with Crippen molar-refractivity contribution in [2.45, 2.75) is 25.4 Å². The molecule has 20 heavy (non-hydrogen) atoms. The fraction of sp³-hybridized carbons (Fsp3) is 0.538. The topological polar surface area (TPSA) is 71.2 Å². The van der Waals surface area contributed by atoms with Gasteiger partial charge in [0, 0.05) is 18.2 Å². The number of aromatic nitrogens is 1. The molecule has 110 valence electrons. The van der Waals surface area contributed by atoms with E-state index in [-0.39, 0.29) is 12.5 Å². The molecule has 1 aliphatic rings. The van der Waals surface area contributed by atoms with E-state index in [0.717, 1.165) is 31.5 Å². The minimum atomic E-state index is -0.332. The second kappa shape index (κ2) is 7.22. The number of carbonyl (C=O) groups excluding carboxylic acids is 1. The van der Waals surface area contributed by atoms with Gasteiger partial charge in [0.05, 0.1) is 6.54 Å². The summed E-state index contributed by atoms with van der Waals surface area (Å²) in [4.78, 5) is 17.4. The molecule has 1 amide bonds. The summed E-state index contributed by atoms with van der Waals surface area (Å²) in [6, 6.07) is 3.87. The number of hydrogen-bond donors (Lipinski definition) is 2. The van der Waals surface area contributed by atoms with Crippen LogP contribution in [0.3, 0.4) is 0 Å². The molecule has 0 atom stereocenters. The van der Waals surface area contributed by atoms with Crippen molar-refractivity contribution in [3.63, 3.8) is 0 Å². The number of rotatable bonds is 5. The SMILES string of the molecule is NC(=O)CN(Cc1ccc(Cl)nc1Cl)C1CCNCC1. The molecule has 7 heteroatoms. The van der Waals surface area contributed by atoms with Crippen molar-refractivity contribution < 1.29 is 4.79 Å². The summed E-state index contributed by atoms with van der Waals surface area (Å²) in [5, 5.41) is 4.05. The zero-order valence-corrected chi connectivity index (χ0v) is 12.6. The minimum Gasteiger partial charge on any atom is -0.369 e. The maximum absolute atomic E-state index is 11.3. The number of primary amides is 1. The van der Waals surface area contributed by atoms with Gasteiger partial charge >= 0.3 is 0 Å². The Bertz CT molecular complexity index is 477. The van der Waals surface area contributed by atoms with Gasteiger partial charge in [0.15, 0.2) is 0 Å². The van der Waals surface area contributed by atoms with Gasteiger partial charge in [-0.3, -0.25) is 9.69 Å². The Kier molecular flexibility index (Phi) is 5.60. The summed E-state index contributed by atoms with van der Waals surface area (Å²) in [5.74, 6) is -0.332. The molecule has 0 aliphatic carbocycles. The lowest BCUT2D eigenvalue weighted by atomic mass is 10.0. The van der Waals surface area contributed by atoms with Gasteiger partial charge in [-0.15, -0.1) is 0 Å². The standard InChI is InChI=1S/C13H18Cl2N4O/c14-11-2-1-9(13(15)18-11)7-19(8-12(16)20)10-3-5-17-6-4-10/h1-2,10,17H,3-8H2,(H2,16,20). The minimum absolute atomic E-state index is 0.226. The molecule has 0 bridgehead atoms. The van der Waals surface area contributed by atoms with Gasteiger partial charge in [0.2, 0.25) is 5.91 Å². The second-order valence-corrected chi connectivity index (χ2v) is 5.68. The van der Waals surface area contributed by atoms with E-state index in [2.05, 4.69) is 15.2 Å². The lowest BCUT2D eigenvalue weighted by molar-refractivity contribution is -0.120. The van der Waals surface area contributed by atoms with Crippen LogP contribution < -0.4 is 11.1 Å². The first-order valence-electron chi connectivity index (χ1n) is 6.60. The third-order valence-corrected chi connectivity index (χ3v) is 3.99. The molecule has 2 rings (SSSR count). The highest BCUT2D eigenvalue weighted by molar-refractivity contribution is 6.32. The predicted molar refractivity (Wildman–Crippen MR) is 79.8 cm³/mol. The summed E-state index contributed by atoms with van der Waals surface area (Å²) < 4.78 is 0. The van der Waals surface area contributed by atoms with Crippen molar-refractivity contribution in [1.29, 1.82) is 0 Å². The normalized spacial score (nSPS) is 16.6. The van der Waals surface area contributed by atoms with E-state index in [1.165, 1.54) is 0 Å². The number of hydrogen-bond acceptors (Lipinski definition) is 4. The van der Waals surface area contributed by atoms with Crippen LogP contribution in [-0.4, -0.2) is 41.5 Å². The lowest BCUT2D eigenvalue weighted by Gasteiger charge is -2.33. The Labute approximate surface area is 128 Å². The van der Waals surface area contributed by atoms with Crippen molar-refractivity contribution >= 4 is 29.1 Å². The van der Waals surface area contributed by atoms with E-state index >= 15 is 0 Å². The van der Waals surface area contributed by atoms with E-state index in [1.807, 2.05) is 6.07 Å². The monoisotopic (exact) mass is 316 g/mol. The molecule has 1 aromatic rings. The Balaban J connectivity index is 2.11. The number of amides is 1. The van der Waals surface area contributed by atoms with Crippen molar-refractivity contribution in [1.82, 2.24) is 15.2 Å². The van der Waals surface area contributed by atoms with Crippen LogP contribution in [0.2, 0.25) is 10.3 Å². The van der Waals surface area contributed by atoms with Crippen LogP contribution in [-0.2, 0) is 11.3 Å². The molecule has 3 N–H and O–H groups in total. The van der Waals surface area contributed by atoms with Crippen molar-refractivity contribution in [3.8, 4) is 0 Å². The van der Waals surface area contributed by atoms with Gasteiger partial charge in [-0.2, -0.15) is 0 Å². The van der Waals surface area contributed by atoms with Gasteiger partial charge < -0.3 is 11.1 Å². The van der Waals surface area contributed by atoms with E-state index in [0.29, 0.717) is 22.9 Å². The first kappa shape index (κ1) is 15.5. The Morgan fingerprint density at radius 3 is 2.70 bits per heavy atom. The summed E-state index contributed by atoms with van der Waals surface area (Å²) in [6.45, 7) is 2.68. The fourth-order valence-corrected chi connectivity index (χ4v) is 2.87. The highest BCUT2D eigenvalue weighted by atomic mass is 35.5. The van der Waals surface area contributed by atoms with Gasteiger partial charge in [-0.1, -0.05) is 29.3 Å². The fourth-order valence-electron chi connectivity index (χ4n) is 2.46. The zero-order valence-electron chi connectivity index (χ0n) is 11.1. The van der Waals surface area contributed by atoms with Crippen LogP contribution in [0.25, 0.3) is 0 Å². The summed E-state index contributed by atoms with van der Waals surface area (Å²) >= 11 is 11.9. The number of nitrogens with zero attached hydrogens (tertiary/aromatic N) is 2. The molecule has 0 unspecified atom stereocenters.